The fourth-order valence-electron chi connectivity index (χ4n) is 2.86. The Morgan fingerprint density at radius 3 is 2.59 bits per heavy atom. The van der Waals surface area contributed by atoms with E-state index in [1.165, 1.54) is 5.56 Å². The van der Waals surface area contributed by atoms with Crippen LogP contribution in [0.5, 0.6) is 0 Å². The summed E-state index contributed by atoms with van der Waals surface area (Å²) >= 11 is 0. The molecule has 116 valence electrons. The van der Waals surface area contributed by atoms with E-state index in [4.69, 9.17) is 0 Å². The monoisotopic (exact) mass is 297 g/mol. The summed E-state index contributed by atoms with van der Waals surface area (Å²) in [6.45, 7) is 7.35. The van der Waals surface area contributed by atoms with Gasteiger partial charge in [-0.15, -0.1) is 0 Å². The average molecular weight is 297 g/mol. The summed E-state index contributed by atoms with van der Waals surface area (Å²) in [4.78, 5) is 15.2. The van der Waals surface area contributed by atoms with Gasteiger partial charge in [0.1, 0.15) is 12.1 Å². The molecule has 3 heterocycles. The van der Waals surface area contributed by atoms with Gasteiger partial charge < -0.3 is 5.32 Å². The third-order valence-corrected chi connectivity index (χ3v) is 4.42. The van der Waals surface area contributed by atoms with E-state index in [0.29, 0.717) is 6.04 Å². The van der Waals surface area contributed by atoms with Crippen molar-refractivity contribution in [3.8, 4) is 0 Å². The zero-order chi connectivity index (χ0) is 15.4. The third kappa shape index (κ3) is 3.60. The summed E-state index contributed by atoms with van der Waals surface area (Å²) in [5.41, 5.74) is 3.54. The topological polar surface area (TPSA) is 53.9 Å². The molecule has 1 aliphatic rings. The second kappa shape index (κ2) is 6.83. The van der Waals surface area contributed by atoms with Gasteiger partial charge in [0.05, 0.1) is 0 Å². The zero-order valence-electron chi connectivity index (χ0n) is 13.3. The van der Waals surface area contributed by atoms with Gasteiger partial charge in [-0.2, -0.15) is 0 Å². The Labute approximate surface area is 131 Å². The van der Waals surface area contributed by atoms with Gasteiger partial charge in [0.15, 0.2) is 0 Å². The van der Waals surface area contributed by atoms with Crippen molar-refractivity contribution in [2.24, 2.45) is 0 Å². The molecule has 1 N–H and O–H groups in total. The second-order valence-corrected chi connectivity index (χ2v) is 5.98. The highest BCUT2D eigenvalue weighted by Gasteiger charge is 2.20. The number of likely N-dealkylation sites (tertiary alicyclic amines) is 1. The fourth-order valence-corrected chi connectivity index (χ4v) is 2.86. The smallest absolute Gasteiger partial charge is 0.132 e. The molecule has 1 fully saturated rings. The number of anilines is 1. The van der Waals surface area contributed by atoms with Crippen LogP contribution in [-0.4, -0.2) is 39.0 Å². The molecule has 1 aliphatic heterocycles. The van der Waals surface area contributed by atoms with Crippen molar-refractivity contribution < 1.29 is 0 Å². The van der Waals surface area contributed by atoms with E-state index < -0.39 is 0 Å². The third-order valence-electron chi connectivity index (χ3n) is 4.42. The molecule has 2 aromatic rings. The molecule has 0 amide bonds. The average Bonchev–Trinajstić information content (AvgIpc) is 2.55. The molecule has 1 saturated heterocycles. The summed E-state index contributed by atoms with van der Waals surface area (Å²) < 4.78 is 0. The number of hydrogen-bond acceptors (Lipinski definition) is 5. The van der Waals surface area contributed by atoms with Crippen molar-refractivity contribution in [2.75, 3.05) is 18.4 Å². The maximum Gasteiger partial charge on any atom is 0.132 e. The molecule has 3 rings (SSSR count). The standard InChI is InChI=1S/C17H23N5/c1-13-14(2)19-12-20-17(13)21-16-5-9-22(10-6-16)11-15-3-7-18-8-4-15/h3-4,7-8,12,16H,5-6,9-11H2,1-2H3,(H,19,20,21). The Hall–Kier alpha value is -2.01. The molecule has 0 aliphatic carbocycles. The summed E-state index contributed by atoms with van der Waals surface area (Å²) in [7, 11) is 0. The van der Waals surface area contributed by atoms with Gasteiger partial charge in [-0.1, -0.05) is 0 Å². The van der Waals surface area contributed by atoms with Crippen LogP contribution in [-0.2, 0) is 6.54 Å². The molecule has 0 unspecified atom stereocenters. The van der Waals surface area contributed by atoms with Crippen molar-refractivity contribution >= 4 is 5.82 Å². The molecule has 0 aromatic carbocycles. The predicted octanol–water partition coefficient (Wildman–Crippen LogP) is 2.56. The number of rotatable bonds is 4. The molecular formula is C17H23N5. The summed E-state index contributed by atoms with van der Waals surface area (Å²) in [5, 5.41) is 3.59. The predicted molar refractivity (Wildman–Crippen MR) is 87.7 cm³/mol. The van der Waals surface area contributed by atoms with Crippen LogP contribution in [0.4, 0.5) is 5.82 Å². The highest BCUT2D eigenvalue weighted by Crippen LogP contribution is 2.19. The molecule has 2 aromatic heterocycles. The minimum atomic E-state index is 0.502. The van der Waals surface area contributed by atoms with Crippen molar-refractivity contribution in [3.05, 3.63) is 47.7 Å². The Bertz CT molecular complexity index is 606. The van der Waals surface area contributed by atoms with E-state index in [9.17, 15) is 0 Å². The zero-order valence-corrected chi connectivity index (χ0v) is 13.3. The highest BCUT2D eigenvalue weighted by atomic mass is 15.1. The van der Waals surface area contributed by atoms with Gasteiger partial charge in [-0.25, -0.2) is 9.97 Å². The molecule has 0 atom stereocenters. The van der Waals surface area contributed by atoms with Gasteiger partial charge in [0.25, 0.3) is 0 Å². The Morgan fingerprint density at radius 2 is 1.86 bits per heavy atom. The van der Waals surface area contributed by atoms with Crippen LogP contribution >= 0.6 is 0 Å². The van der Waals surface area contributed by atoms with E-state index in [1.54, 1.807) is 6.33 Å². The van der Waals surface area contributed by atoms with E-state index in [-0.39, 0.29) is 0 Å². The lowest BCUT2D eigenvalue weighted by atomic mass is 10.0. The van der Waals surface area contributed by atoms with Gasteiger partial charge in [-0.05, 0) is 44.4 Å². The first-order valence-electron chi connectivity index (χ1n) is 7.88. The number of pyridine rings is 1. The number of aromatic nitrogens is 3. The lowest BCUT2D eigenvalue weighted by Crippen LogP contribution is -2.39. The fraction of sp³-hybridized carbons (Fsp3) is 0.471. The minimum Gasteiger partial charge on any atom is -0.367 e. The number of hydrogen-bond donors (Lipinski definition) is 1. The quantitative estimate of drug-likeness (QED) is 0.940. The molecule has 0 saturated carbocycles. The number of nitrogens with one attached hydrogen (secondary N) is 1. The second-order valence-electron chi connectivity index (χ2n) is 5.98. The van der Waals surface area contributed by atoms with Crippen LogP contribution < -0.4 is 5.32 Å². The molecular weight excluding hydrogens is 274 g/mol. The summed E-state index contributed by atoms with van der Waals surface area (Å²) in [6, 6.07) is 4.69. The molecule has 22 heavy (non-hydrogen) atoms. The van der Waals surface area contributed by atoms with E-state index in [1.807, 2.05) is 19.3 Å². The van der Waals surface area contributed by atoms with Crippen LogP contribution in [0.1, 0.15) is 29.7 Å². The van der Waals surface area contributed by atoms with Crippen molar-refractivity contribution in [2.45, 2.75) is 39.3 Å². The van der Waals surface area contributed by atoms with E-state index >= 15 is 0 Å². The van der Waals surface area contributed by atoms with Gasteiger partial charge in [0, 0.05) is 49.3 Å². The maximum absolute atomic E-state index is 4.38. The van der Waals surface area contributed by atoms with E-state index in [2.05, 4.69) is 44.2 Å². The lowest BCUT2D eigenvalue weighted by molar-refractivity contribution is 0.211. The molecule has 5 nitrogen and oxygen atoms in total. The van der Waals surface area contributed by atoms with Crippen LogP contribution in [0.2, 0.25) is 0 Å². The Kier molecular flexibility index (Phi) is 4.63. The molecule has 0 spiro atoms. The van der Waals surface area contributed by atoms with Crippen LogP contribution in [0.3, 0.4) is 0 Å². The minimum absolute atomic E-state index is 0.502. The Balaban J connectivity index is 1.52. The number of nitrogens with zero attached hydrogens (tertiary/aromatic N) is 4. The Morgan fingerprint density at radius 1 is 1.14 bits per heavy atom. The molecule has 0 radical (unpaired) electrons. The summed E-state index contributed by atoms with van der Waals surface area (Å²) in [6.07, 6.45) is 7.66. The number of piperidine rings is 1. The largest absolute Gasteiger partial charge is 0.367 e. The first kappa shape index (κ1) is 14.9. The first-order valence-corrected chi connectivity index (χ1v) is 7.88. The normalized spacial score (nSPS) is 16.6. The van der Waals surface area contributed by atoms with Crippen molar-refractivity contribution in [1.29, 1.82) is 0 Å². The van der Waals surface area contributed by atoms with Crippen LogP contribution in [0.25, 0.3) is 0 Å². The van der Waals surface area contributed by atoms with Crippen LogP contribution in [0.15, 0.2) is 30.9 Å². The molecule has 5 heteroatoms. The SMILES string of the molecule is Cc1ncnc(NC2CCN(Cc3ccncc3)CC2)c1C. The van der Waals surface area contributed by atoms with Crippen molar-refractivity contribution in [1.82, 2.24) is 19.9 Å². The lowest BCUT2D eigenvalue weighted by Gasteiger charge is -2.32. The van der Waals surface area contributed by atoms with Gasteiger partial charge in [0.2, 0.25) is 0 Å². The van der Waals surface area contributed by atoms with Gasteiger partial charge in [-0.3, -0.25) is 9.88 Å². The highest BCUT2D eigenvalue weighted by molar-refractivity contribution is 5.45. The molecule has 0 bridgehead atoms. The van der Waals surface area contributed by atoms with Crippen LogP contribution in [0, 0.1) is 13.8 Å². The first-order chi connectivity index (χ1) is 10.7. The van der Waals surface area contributed by atoms with Gasteiger partial charge >= 0.3 is 0 Å². The maximum atomic E-state index is 4.38. The number of aryl methyl sites for hydroxylation is 1. The van der Waals surface area contributed by atoms with Crippen molar-refractivity contribution in [3.63, 3.8) is 0 Å². The summed E-state index contributed by atoms with van der Waals surface area (Å²) in [5.74, 6) is 0.986. The van der Waals surface area contributed by atoms with E-state index in [0.717, 1.165) is 49.6 Å².